The Kier molecular flexibility index (Phi) is 2.06. The van der Waals surface area contributed by atoms with E-state index in [9.17, 15) is 9.18 Å². The predicted octanol–water partition coefficient (Wildman–Crippen LogP) is 1.88. The third kappa shape index (κ3) is 2.25. The Balaban J connectivity index is 2.79. The molecule has 0 aliphatic heterocycles. The van der Waals surface area contributed by atoms with E-state index in [-0.39, 0.29) is 5.75 Å². The maximum atomic E-state index is 12.3. The first-order chi connectivity index (χ1) is 5.18. The van der Waals surface area contributed by atoms with Crippen LogP contribution in [0.3, 0.4) is 0 Å². The zero-order valence-electron chi connectivity index (χ0n) is 5.45. The van der Waals surface area contributed by atoms with Crippen LogP contribution in [-0.4, -0.2) is 11.3 Å². The highest BCUT2D eigenvalue weighted by atomic mass is 19.1. The lowest BCUT2D eigenvalue weighted by Crippen LogP contribution is -2.02. The lowest BCUT2D eigenvalue weighted by molar-refractivity contribution is 0.144. The lowest BCUT2D eigenvalue weighted by Gasteiger charge is -1.97. The number of halogens is 1. The van der Waals surface area contributed by atoms with Crippen LogP contribution in [-0.2, 0) is 0 Å². The van der Waals surface area contributed by atoms with E-state index in [2.05, 4.69) is 4.74 Å². The molecule has 0 amide bonds. The monoisotopic (exact) mass is 156 g/mol. The van der Waals surface area contributed by atoms with Crippen LogP contribution < -0.4 is 4.74 Å². The fourth-order valence-electron chi connectivity index (χ4n) is 0.631. The van der Waals surface area contributed by atoms with Crippen molar-refractivity contribution in [1.29, 1.82) is 0 Å². The van der Waals surface area contributed by atoms with Crippen molar-refractivity contribution in [2.45, 2.75) is 0 Å². The first-order valence-electron chi connectivity index (χ1n) is 2.85. The van der Waals surface area contributed by atoms with Gasteiger partial charge in [0.15, 0.2) is 0 Å². The van der Waals surface area contributed by atoms with Crippen LogP contribution in [0.4, 0.5) is 9.18 Å². The molecule has 0 radical (unpaired) electrons. The minimum Gasteiger partial charge on any atom is -0.449 e. The summed E-state index contributed by atoms with van der Waals surface area (Å²) in [6.07, 6.45) is -1.45. The number of hydrogen-bond acceptors (Lipinski definition) is 2. The largest absolute Gasteiger partial charge is 0.511 e. The molecule has 3 nitrogen and oxygen atoms in total. The van der Waals surface area contributed by atoms with Crippen LogP contribution in [0, 0.1) is 5.82 Å². The molecule has 1 rings (SSSR count). The molecule has 0 aromatic heterocycles. The Labute approximate surface area is 62.0 Å². The molecule has 0 aliphatic rings. The Bertz CT molecular complexity index is 272. The molecule has 1 aromatic rings. The second kappa shape index (κ2) is 3.01. The summed E-state index contributed by atoms with van der Waals surface area (Å²) in [7, 11) is 0. The number of benzene rings is 1. The van der Waals surface area contributed by atoms with Crippen LogP contribution in [0.5, 0.6) is 5.75 Å². The topological polar surface area (TPSA) is 46.5 Å². The van der Waals surface area contributed by atoms with Crippen LogP contribution in [0.2, 0.25) is 0 Å². The summed E-state index contributed by atoms with van der Waals surface area (Å²) in [6.45, 7) is 0. The van der Waals surface area contributed by atoms with E-state index in [0.29, 0.717) is 0 Å². The molecule has 0 fully saturated rings. The number of rotatable bonds is 1. The van der Waals surface area contributed by atoms with Gasteiger partial charge in [-0.15, -0.1) is 0 Å². The van der Waals surface area contributed by atoms with Gasteiger partial charge in [-0.2, -0.15) is 0 Å². The van der Waals surface area contributed by atoms with Gasteiger partial charge in [0, 0.05) is 6.07 Å². The normalized spacial score (nSPS) is 9.18. The van der Waals surface area contributed by atoms with Crippen molar-refractivity contribution < 1.29 is 19.0 Å². The molecule has 58 valence electrons. The Morgan fingerprint density at radius 3 is 2.82 bits per heavy atom. The number of hydrogen-bond donors (Lipinski definition) is 1. The Morgan fingerprint density at radius 2 is 2.27 bits per heavy atom. The number of carboxylic acid groups (broad SMARTS) is 1. The van der Waals surface area contributed by atoms with Gasteiger partial charge in [-0.25, -0.2) is 9.18 Å². The number of ether oxygens (including phenoxy) is 1. The van der Waals surface area contributed by atoms with Gasteiger partial charge in [0.1, 0.15) is 11.6 Å². The Hall–Kier alpha value is -1.58. The van der Waals surface area contributed by atoms with E-state index >= 15 is 0 Å². The summed E-state index contributed by atoms with van der Waals surface area (Å²) in [5, 5.41) is 8.11. The van der Waals surface area contributed by atoms with E-state index in [1.54, 1.807) is 0 Å². The second-order valence-electron chi connectivity index (χ2n) is 1.83. The molecule has 4 heteroatoms. The van der Waals surface area contributed by atoms with Crippen molar-refractivity contribution in [3.05, 3.63) is 30.1 Å². The van der Waals surface area contributed by atoms with Crippen molar-refractivity contribution >= 4 is 6.16 Å². The molecule has 0 saturated heterocycles. The molecule has 1 N–H and O–H groups in total. The molecule has 0 bridgehead atoms. The molecule has 0 unspecified atom stereocenters. The summed E-state index contributed by atoms with van der Waals surface area (Å²) >= 11 is 0. The lowest BCUT2D eigenvalue weighted by atomic mass is 10.3. The van der Waals surface area contributed by atoms with E-state index in [0.717, 1.165) is 6.07 Å². The minimum atomic E-state index is -1.45. The van der Waals surface area contributed by atoms with E-state index < -0.39 is 12.0 Å². The van der Waals surface area contributed by atoms with Crippen molar-refractivity contribution in [3.63, 3.8) is 0 Å². The summed E-state index contributed by atoms with van der Waals surface area (Å²) < 4.78 is 16.5. The summed E-state index contributed by atoms with van der Waals surface area (Å²) in [4.78, 5) is 9.94. The third-order valence-electron chi connectivity index (χ3n) is 1.00. The second-order valence-corrected chi connectivity index (χ2v) is 1.83. The molecule has 0 heterocycles. The van der Waals surface area contributed by atoms with Gasteiger partial charge in [0.25, 0.3) is 0 Å². The summed E-state index contributed by atoms with van der Waals surface area (Å²) in [5.74, 6) is -0.541. The molecule has 0 spiro atoms. The van der Waals surface area contributed by atoms with Gasteiger partial charge in [-0.1, -0.05) is 6.07 Å². The van der Waals surface area contributed by atoms with Gasteiger partial charge in [0.2, 0.25) is 0 Å². The first kappa shape index (κ1) is 7.53. The van der Waals surface area contributed by atoms with Crippen LogP contribution >= 0.6 is 0 Å². The van der Waals surface area contributed by atoms with E-state index in [4.69, 9.17) is 5.11 Å². The summed E-state index contributed by atoms with van der Waals surface area (Å²) in [6, 6.07) is 4.92. The fourth-order valence-corrected chi connectivity index (χ4v) is 0.631. The van der Waals surface area contributed by atoms with Crippen molar-refractivity contribution in [2.75, 3.05) is 0 Å². The minimum absolute atomic E-state index is 0.0162. The van der Waals surface area contributed by atoms with E-state index in [1.165, 1.54) is 18.2 Å². The van der Waals surface area contributed by atoms with Crippen molar-refractivity contribution in [1.82, 2.24) is 0 Å². The molecule has 0 saturated carbocycles. The van der Waals surface area contributed by atoms with Crippen LogP contribution in [0.15, 0.2) is 24.3 Å². The van der Waals surface area contributed by atoms with Crippen LogP contribution in [0.1, 0.15) is 0 Å². The SMILES string of the molecule is O=C(O)Oc1cccc(F)c1. The quantitative estimate of drug-likeness (QED) is 0.498. The maximum Gasteiger partial charge on any atom is 0.511 e. The first-order valence-corrected chi connectivity index (χ1v) is 2.85. The highest BCUT2D eigenvalue weighted by Crippen LogP contribution is 2.11. The summed E-state index contributed by atoms with van der Waals surface area (Å²) in [5.41, 5.74) is 0. The predicted molar refractivity (Wildman–Crippen MR) is 35.1 cm³/mol. The zero-order valence-corrected chi connectivity index (χ0v) is 5.45. The Morgan fingerprint density at radius 1 is 1.55 bits per heavy atom. The van der Waals surface area contributed by atoms with Crippen molar-refractivity contribution in [2.24, 2.45) is 0 Å². The average Bonchev–Trinajstić information content (AvgIpc) is 1.85. The molecule has 11 heavy (non-hydrogen) atoms. The van der Waals surface area contributed by atoms with Gasteiger partial charge >= 0.3 is 6.16 Å². The van der Waals surface area contributed by atoms with Gasteiger partial charge in [0.05, 0.1) is 0 Å². The fraction of sp³-hybridized carbons (Fsp3) is 0. The molecule has 0 atom stereocenters. The van der Waals surface area contributed by atoms with Gasteiger partial charge < -0.3 is 9.84 Å². The van der Waals surface area contributed by atoms with Gasteiger partial charge in [-0.05, 0) is 12.1 Å². The molecular weight excluding hydrogens is 151 g/mol. The zero-order chi connectivity index (χ0) is 8.27. The van der Waals surface area contributed by atoms with E-state index in [1.807, 2.05) is 0 Å². The van der Waals surface area contributed by atoms with Crippen molar-refractivity contribution in [3.8, 4) is 5.75 Å². The maximum absolute atomic E-state index is 12.3. The standard InChI is InChI=1S/C7H5FO3/c8-5-2-1-3-6(4-5)11-7(9)10/h1-4H,(H,9,10). The smallest absolute Gasteiger partial charge is 0.449 e. The average molecular weight is 156 g/mol. The molecule has 0 aliphatic carbocycles. The van der Waals surface area contributed by atoms with Gasteiger partial charge in [-0.3, -0.25) is 0 Å². The van der Waals surface area contributed by atoms with Crippen LogP contribution in [0.25, 0.3) is 0 Å². The number of carbonyl (C=O) groups is 1. The molecule has 1 aromatic carbocycles. The molecular formula is C7H5FO3. The third-order valence-corrected chi connectivity index (χ3v) is 1.00. The highest BCUT2D eigenvalue weighted by molar-refractivity contribution is 5.60. The highest BCUT2D eigenvalue weighted by Gasteiger charge is 2.00.